The van der Waals surface area contributed by atoms with E-state index in [-0.39, 0.29) is 36.9 Å². The summed E-state index contributed by atoms with van der Waals surface area (Å²) in [6.07, 6.45) is -3.59. The van der Waals surface area contributed by atoms with Gasteiger partial charge in [-0.05, 0) is 30.0 Å². The van der Waals surface area contributed by atoms with E-state index in [1.54, 1.807) is 13.0 Å². The quantitative estimate of drug-likeness (QED) is 0.292. The molecule has 0 bridgehead atoms. The van der Waals surface area contributed by atoms with Gasteiger partial charge in [0.1, 0.15) is 11.6 Å². The molecule has 0 aliphatic carbocycles. The number of oxazole rings is 1. The normalized spacial score (nSPS) is 23.8. The third-order valence-corrected chi connectivity index (χ3v) is 9.52. The second-order valence-electron chi connectivity index (χ2n) is 11.5. The second kappa shape index (κ2) is 13.3. The average Bonchev–Trinajstić information content (AvgIpc) is 3.54. The number of hydrogen-bond acceptors (Lipinski definition) is 10. The Balaban J connectivity index is 1.35. The minimum absolute atomic E-state index is 0.0161. The fourth-order valence-corrected chi connectivity index (χ4v) is 7.26. The number of benzene rings is 2. The van der Waals surface area contributed by atoms with Crippen molar-refractivity contribution in [3.63, 3.8) is 0 Å². The highest BCUT2D eigenvalue weighted by Gasteiger charge is 2.47. The monoisotopic (exact) mass is 617 g/mol. The number of rotatable bonds is 11. The van der Waals surface area contributed by atoms with Crippen molar-refractivity contribution in [1.29, 1.82) is 0 Å². The number of carbonyl (C=O) groups excluding carboxylic acids is 1. The van der Waals surface area contributed by atoms with E-state index in [0.29, 0.717) is 30.0 Å². The summed E-state index contributed by atoms with van der Waals surface area (Å²) in [5.74, 6) is -0.147. The third kappa shape index (κ3) is 7.36. The van der Waals surface area contributed by atoms with E-state index in [1.165, 1.54) is 16.4 Å². The molecule has 1 amide bonds. The fraction of sp³-hybridized carbons (Fsp3) is 0.533. The first kappa shape index (κ1) is 31.4. The Morgan fingerprint density at radius 3 is 2.67 bits per heavy atom. The molecule has 0 spiro atoms. The zero-order valence-electron chi connectivity index (χ0n) is 24.5. The Bertz CT molecular complexity index is 1500. The van der Waals surface area contributed by atoms with Crippen molar-refractivity contribution in [2.75, 3.05) is 26.3 Å². The molecule has 2 fully saturated rings. The lowest BCUT2D eigenvalue weighted by Crippen LogP contribution is -2.52. The van der Waals surface area contributed by atoms with Crippen molar-refractivity contribution in [1.82, 2.24) is 14.6 Å². The zero-order chi connectivity index (χ0) is 30.7. The van der Waals surface area contributed by atoms with Gasteiger partial charge in [0.15, 0.2) is 17.8 Å². The van der Waals surface area contributed by atoms with E-state index in [4.69, 9.17) is 18.6 Å². The zero-order valence-corrected chi connectivity index (χ0v) is 25.3. The number of amides is 1. The first-order valence-electron chi connectivity index (χ1n) is 14.5. The fourth-order valence-electron chi connectivity index (χ4n) is 5.63. The van der Waals surface area contributed by atoms with Gasteiger partial charge in [-0.2, -0.15) is 4.31 Å². The molecule has 1 aromatic heterocycles. The largest absolute Gasteiger partial charge is 0.446 e. The Morgan fingerprint density at radius 1 is 1.16 bits per heavy atom. The molecular weight excluding hydrogens is 578 g/mol. The number of aliphatic hydroxyl groups excluding tert-OH is 2. The highest BCUT2D eigenvalue weighted by molar-refractivity contribution is 7.89. The van der Waals surface area contributed by atoms with Crippen LogP contribution in [0.1, 0.15) is 31.7 Å². The summed E-state index contributed by atoms with van der Waals surface area (Å²) in [7, 11) is -4.06. The van der Waals surface area contributed by atoms with Crippen LogP contribution in [0.3, 0.4) is 0 Å². The smallest absolute Gasteiger partial charge is 0.407 e. The number of aromatic nitrogens is 1. The molecule has 3 N–H and O–H groups in total. The van der Waals surface area contributed by atoms with E-state index in [9.17, 15) is 23.4 Å². The number of carbonyl (C=O) groups is 1. The number of aryl methyl sites for hydroxylation is 1. The van der Waals surface area contributed by atoms with Crippen LogP contribution in [0.25, 0.3) is 11.1 Å². The maximum Gasteiger partial charge on any atom is 0.407 e. The van der Waals surface area contributed by atoms with Gasteiger partial charge in [0.05, 0.1) is 42.3 Å². The molecule has 6 atom stereocenters. The Labute approximate surface area is 251 Å². The van der Waals surface area contributed by atoms with Crippen LogP contribution in [-0.4, -0.2) is 91.0 Å². The van der Waals surface area contributed by atoms with Crippen LogP contribution < -0.4 is 5.32 Å². The summed E-state index contributed by atoms with van der Waals surface area (Å²) in [5, 5.41) is 24.6. The number of fused-ring (bicyclic) bond motifs is 2. The lowest BCUT2D eigenvalue weighted by molar-refractivity contribution is -0.183. The van der Waals surface area contributed by atoms with Crippen LogP contribution in [0.15, 0.2) is 57.8 Å². The van der Waals surface area contributed by atoms with Crippen LogP contribution >= 0.6 is 0 Å². The van der Waals surface area contributed by atoms with Gasteiger partial charge in [-0.1, -0.05) is 44.2 Å². The van der Waals surface area contributed by atoms with Crippen molar-refractivity contribution >= 4 is 27.2 Å². The number of aliphatic hydroxyl groups is 2. The Hall–Kier alpha value is -3.07. The summed E-state index contributed by atoms with van der Waals surface area (Å²) >= 11 is 0. The molecule has 43 heavy (non-hydrogen) atoms. The van der Waals surface area contributed by atoms with Gasteiger partial charge in [0.2, 0.25) is 10.0 Å². The average molecular weight is 618 g/mol. The first-order valence-corrected chi connectivity index (χ1v) is 15.9. The van der Waals surface area contributed by atoms with Crippen LogP contribution in [0, 0.1) is 18.8 Å². The van der Waals surface area contributed by atoms with Crippen LogP contribution in [-0.2, 0) is 30.7 Å². The van der Waals surface area contributed by atoms with Gasteiger partial charge >= 0.3 is 6.09 Å². The highest BCUT2D eigenvalue weighted by Crippen LogP contribution is 2.33. The molecule has 0 unspecified atom stereocenters. The molecule has 3 heterocycles. The minimum atomic E-state index is -4.06. The molecule has 2 aromatic carbocycles. The van der Waals surface area contributed by atoms with Gasteiger partial charge in [-0.15, -0.1) is 0 Å². The topological polar surface area (TPSA) is 161 Å². The van der Waals surface area contributed by atoms with Crippen molar-refractivity contribution in [3.05, 3.63) is 60.0 Å². The van der Waals surface area contributed by atoms with Crippen molar-refractivity contribution in [3.8, 4) is 0 Å². The number of sulfonamides is 1. The van der Waals surface area contributed by atoms with E-state index < -0.39 is 52.7 Å². The minimum Gasteiger partial charge on any atom is -0.446 e. The van der Waals surface area contributed by atoms with Gasteiger partial charge < -0.3 is 34.2 Å². The van der Waals surface area contributed by atoms with Gasteiger partial charge in [-0.25, -0.2) is 18.2 Å². The summed E-state index contributed by atoms with van der Waals surface area (Å²) in [6.45, 7) is 5.72. The molecule has 2 saturated heterocycles. The number of ether oxygens (including phenoxy) is 3. The van der Waals surface area contributed by atoms with Crippen molar-refractivity contribution in [2.24, 2.45) is 11.8 Å². The first-order chi connectivity index (χ1) is 20.5. The maximum atomic E-state index is 13.8. The van der Waals surface area contributed by atoms with Crippen molar-refractivity contribution in [2.45, 2.75) is 69.2 Å². The summed E-state index contributed by atoms with van der Waals surface area (Å²) in [4.78, 5) is 17.4. The van der Waals surface area contributed by atoms with E-state index in [1.807, 2.05) is 44.2 Å². The summed E-state index contributed by atoms with van der Waals surface area (Å²) in [5.41, 5.74) is 1.73. The Kier molecular flexibility index (Phi) is 9.69. The van der Waals surface area contributed by atoms with Gasteiger partial charge in [0, 0.05) is 32.5 Å². The molecule has 3 aromatic rings. The molecule has 13 heteroatoms. The highest BCUT2D eigenvalue weighted by atomic mass is 32.2. The van der Waals surface area contributed by atoms with E-state index >= 15 is 0 Å². The number of hydrogen-bond donors (Lipinski definition) is 3. The molecule has 234 valence electrons. The molecular formula is C30H39N3O9S. The van der Waals surface area contributed by atoms with Gasteiger partial charge in [-0.3, -0.25) is 0 Å². The molecule has 0 saturated carbocycles. The second-order valence-corrected chi connectivity index (χ2v) is 13.5. The van der Waals surface area contributed by atoms with Crippen LogP contribution in [0.5, 0.6) is 0 Å². The van der Waals surface area contributed by atoms with Crippen LogP contribution in [0.2, 0.25) is 0 Å². The summed E-state index contributed by atoms with van der Waals surface area (Å²) < 4.78 is 51.2. The number of nitrogens with one attached hydrogen (secondary N) is 1. The lowest BCUT2D eigenvalue weighted by atomic mass is 9.93. The number of alkyl carbamates (subject to hydrolysis) is 1. The third-order valence-electron chi connectivity index (χ3n) is 7.69. The van der Waals surface area contributed by atoms with Crippen LogP contribution in [0.4, 0.5) is 4.79 Å². The van der Waals surface area contributed by atoms with Crippen molar-refractivity contribution < 1.29 is 42.1 Å². The SMILES string of the molecule is Cc1nc2ccc(S(=O)(=O)N(CC(C)C)C[C@@H](O)[C@H](Cc3ccccc3)NC(=O)O[C@H]3CCO[C@H]4OC[C@H](O)[C@H]43)cc2o1. The summed E-state index contributed by atoms with van der Waals surface area (Å²) in [6, 6.07) is 12.9. The maximum absolute atomic E-state index is 13.8. The number of nitrogens with zero attached hydrogens (tertiary/aromatic N) is 2. The van der Waals surface area contributed by atoms with E-state index in [0.717, 1.165) is 5.56 Å². The standard InChI is InChI=1S/C30H39N3O9S/c1-18(2)15-33(43(37,38)21-9-10-22-27(14-21)41-19(3)31-22)16-24(34)23(13-20-7-5-4-6-8-20)32-30(36)42-26-11-12-39-29-28(26)25(35)17-40-29/h4-10,14,18,23-26,28-29,34-35H,11-13,15-17H2,1-3H3,(H,32,36)/t23-,24+,25-,26-,28-,29-/m0/s1. The molecule has 0 radical (unpaired) electrons. The molecule has 5 rings (SSSR count). The lowest BCUT2D eigenvalue weighted by Gasteiger charge is -2.34. The predicted molar refractivity (Wildman–Crippen MR) is 155 cm³/mol. The molecule has 2 aliphatic heterocycles. The van der Waals surface area contributed by atoms with Gasteiger partial charge in [0.25, 0.3) is 0 Å². The van der Waals surface area contributed by atoms with E-state index in [2.05, 4.69) is 10.3 Å². The predicted octanol–water partition coefficient (Wildman–Crippen LogP) is 2.60. The Morgan fingerprint density at radius 2 is 1.93 bits per heavy atom. The molecule has 12 nitrogen and oxygen atoms in total. The molecule has 2 aliphatic rings.